The zero-order valence-electron chi connectivity index (χ0n) is 11.2. The largest absolute Gasteiger partial charge is 0.330 e. The molecule has 1 saturated heterocycles. The van der Waals surface area contributed by atoms with Crippen molar-refractivity contribution < 1.29 is 8.42 Å². The molecule has 0 atom stereocenters. The maximum atomic E-state index is 12.3. The Balaban J connectivity index is 2.50. The van der Waals surface area contributed by atoms with E-state index in [0.717, 1.165) is 25.7 Å². The van der Waals surface area contributed by atoms with Gasteiger partial charge >= 0.3 is 0 Å². The first-order valence-electron chi connectivity index (χ1n) is 6.54. The highest BCUT2D eigenvalue weighted by Gasteiger charge is 2.30. The average Bonchev–Trinajstić information content (AvgIpc) is 2.39. The molecule has 0 radical (unpaired) electrons. The minimum atomic E-state index is -3.28. The summed E-state index contributed by atoms with van der Waals surface area (Å²) in [6.45, 7) is 6.03. The second-order valence-corrected chi connectivity index (χ2v) is 6.87. The normalized spacial score (nSPS) is 19.3. The molecule has 2 N–H and O–H groups in total. The van der Waals surface area contributed by atoms with Gasteiger partial charge in [0.25, 0.3) is 10.2 Å². The summed E-state index contributed by atoms with van der Waals surface area (Å²) in [5, 5.41) is 0. The second kappa shape index (κ2) is 7.23. The van der Waals surface area contributed by atoms with E-state index in [4.69, 9.17) is 5.73 Å². The molecule has 0 aromatic carbocycles. The van der Waals surface area contributed by atoms with Crippen molar-refractivity contribution in [2.75, 3.05) is 33.2 Å². The Bertz CT molecular complexity index is 348. The van der Waals surface area contributed by atoms with Crippen LogP contribution in [0.5, 0.6) is 0 Å². The van der Waals surface area contributed by atoms with Crippen molar-refractivity contribution in [3.8, 4) is 0 Å². The number of nitrogens with zero attached hydrogens (tertiary/aromatic N) is 2. The zero-order valence-corrected chi connectivity index (χ0v) is 12.0. The molecule has 0 bridgehead atoms. The van der Waals surface area contributed by atoms with Gasteiger partial charge < -0.3 is 5.73 Å². The van der Waals surface area contributed by atoms with Crippen molar-refractivity contribution >= 4 is 10.2 Å². The summed E-state index contributed by atoms with van der Waals surface area (Å²) in [7, 11) is -1.64. The van der Waals surface area contributed by atoms with Crippen molar-refractivity contribution in [1.29, 1.82) is 0 Å². The predicted molar refractivity (Wildman–Crippen MR) is 74.3 cm³/mol. The van der Waals surface area contributed by atoms with Gasteiger partial charge in [0.05, 0.1) is 0 Å². The molecule has 0 unspecified atom stereocenters. The molecule has 1 rings (SSSR count). The lowest BCUT2D eigenvalue weighted by molar-refractivity contribution is 0.262. The summed E-state index contributed by atoms with van der Waals surface area (Å²) in [5.41, 5.74) is 5.61. The first-order chi connectivity index (χ1) is 8.52. The Hall–Kier alpha value is -0.430. The molecule has 1 fully saturated rings. The van der Waals surface area contributed by atoms with Crippen LogP contribution in [0.4, 0.5) is 0 Å². The van der Waals surface area contributed by atoms with E-state index in [-0.39, 0.29) is 0 Å². The lowest BCUT2D eigenvalue weighted by Gasteiger charge is -2.33. The van der Waals surface area contributed by atoms with Crippen LogP contribution in [-0.2, 0) is 10.2 Å². The zero-order chi connectivity index (χ0) is 13.6. The third-order valence-electron chi connectivity index (χ3n) is 3.51. The summed E-state index contributed by atoms with van der Waals surface area (Å²) in [6.07, 6.45) is 5.22. The van der Waals surface area contributed by atoms with E-state index >= 15 is 0 Å². The smallest absolute Gasteiger partial charge is 0.281 e. The van der Waals surface area contributed by atoms with Crippen LogP contribution < -0.4 is 5.73 Å². The minimum absolute atomic E-state index is 0.475. The molecule has 0 amide bonds. The van der Waals surface area contributed by atoms with Gasteiger partial charge in [-0.15, -0.1) is 6.58 Å². The van der Waals surface area contributed by atoms with E-state index in [1.54, 1.807) is 11.4 Å². The maximum absolute atomic E-state index is 12.3. The van der Waals surface area contributed by atoms with Gasteiger partial charge in [-0.2, -0.15) is 17.0 Å². The number of nitrogens with two attached hydrogens (primary N) is 1. The molecular formula is C12H25N3O2S. The fourth-order valence-corrected chi connectivity index (χ4v) is 3.57. The van der Waals surface area contributed by atoms with E-state index in [9.17, 15) is 8.42 Å². The standard InChI is InChI=1S/C12H25N3O2S/c1-3-4-5-8-14(2)18(16,17)15-9-6-12(11-13)7-10-15/h3,12H,1,4-11,13H2,2H3. The Morgan fingerprint density at radius 1 is 1.44 bits per heavy atom. The number of piperidine rings is 1. The van der Waals surface area contributed by atoms with Crippen molar-refractivity contribution in [3.63, 3.8) is 0 Å². The Kier molecular flexibility index (Phi) is 6.28. The molecule has 0 spiro atoms. The highest BCUT2D eigenvalue weighted by molar-refractivity contribution is 7.86. The Labute approximate surface area is 111 Å². The molecule has 0 aromatic heterocycles. The molecular weight excluding hydrogens is 250 g/mol. The van der Waals surface area contributed by atoms with Gasteiger partial charge in [-0.25, -0.2) is 0 Å². The van der Waals surface area contributed by atoms with E-state index in [0.29, 0.717) is 32.1 Å². The van der Waals surface area contributed by atoms with Crippen LogP contribution in [0.2, 0.25) is 0 Å². The highest BCUT2D eigenvalue weighted by atomic mass is 32.2. The summed E-state index contributed by atoms with van der Waals surface area (Å²) in [6, 6.07) is 0. The van der Waals surface area contributed by atoms with E-state index in [1.807, 2.05) is 6.08 Å². The van der Waals surface area contributed by atoms with Gasteiger partial charge in [0.15, 0.2) is 0 Å². The molecule has 106 valence electrons. The summed E-state index contributed by atoms with van der Waals surface area (Å²) >= 11 is 0. The first-order valence-corrected chi connectivity index (χ1v) is 7.94. The molecule has 0 aromatic rings. The van der Waals surface area contributed by atoms with Crippen LogP contribution in [0.1, 0.15) is 25.7 Å². The maximum Gasteiger partial charge on any atom is 0.281 e. The van der Waals surface area contributed by atoms with Gasteiger partial charge in [-0.3, -0.25) is 0 Å². The van der Waals surface area contributed by atoms with Crippen molar-refractivity contribution in [1.82, 2.24) is 8.61 Å². The molecule has 1 heterocycles. The van der Waals surface area contributed by atoms with Gasteiger partial charge in [0.1, 0.15) is 0 Å². The Morgan fingerprint density at radius 3 is 2.56 bits per heavy atom. The molecule has 1 aliphatic rings. The van der Waals surface area contributed by atoms with Crippen LogP contribution in [0.3, 0.4) is 0 Å². The monoisotopic (exact) mass is 275 g/mol. The molecule has 1 aliphatic heterocycles. The predicted octanol–water partition coefficient (Wildman–Crippen LogP) is 0.800. The highest BCUT2D eigenvalue weighted by Crippen LogP contribution is 2.20. The Morgan fingerprint density at radius 2 is 2.06 bits per heavy atom. The lowest BCUT2D eigenvalue weighted by Crippen LogP contribution is -2.46. The fourth-order valence-electron chi connectivity index (χ4n) is 2.15. The lowest BCUT2D eigenvalue weighted by atomic mass is 9.99. The van der Waals surface area contributed by atoms with Gasteiger partial charge in [-0.05, 0) is 38.1 Å². The molecule has 0 aliphatic carbocycles. The van der Waals surface area contributed by atoms with Gasteiger partial charge in [-0.1, -0.05) is 6.08 Å². The second-order valence-electron chi connectivity index (χ2n) is 4.84. The summed E-state index contributed by atoms with van der Waals surface area (Å²) in [4.78, 5) is 0. The fraction of sp³-hybridized carbons (Fsp3) is 0.833. The van der Waals surface area contributed by atoms with E-state index in [1.165, 1.54) is 4.31 Å². The third-order valence-corrected chi connectivity index (χ3v) is 5.50. The van der Waals surface area contributed by atoms with Crippen LogP contribution in [0.15, 0.2) is 12.7 Å². The van der Waals surface area contributed by atoms with Crippen LogP contribution in [0.25, 0.3) is 0 Å². The van der Waals surface area contributed by atoms with Crippen molar-refractivity contribution in [3.05, 3.63) is 12.7 Å². The van der Waals surface area contributed by atoms with E-state index in [2.05, 4.69) is 6.58 Å². The average molecular weight is 275 g/mol. The quantitative estimate of drug-likeness (QED) is 0.552. The SMILES string of the molecule is C=CCCCN(C)S(=O)(=O)N1CCC(CN)CC1. The number of hydrogen-bond donors (Lipinski definition) is 1. The van der Waals surface area contributed by atoms with Crippen LogP contribution >= 0.6 is 0 Å². The van der Waals surface area contributed by atoms with Crippen LogP contribution in [-0.4, -0.2) is 50.3 Å². The minimum Gasteiger partial charge on any atom is -0.330 e. The number of hydrogen-bond acceptors (Lipinski definition) is 3. The molecule has 0 saturated carbocycles. The number of allylic oxidation sites excluding steroid dienone is 1. The van der Waals surface area contributed by atoms with Crippen molar-refractivity contribution in [2.24, 2.45) is 11.7 Å². The van der Waals surface area contributed by atoms with Crippen molar-refractivity contribution in [2.45, 2.75) is 25.7 Å². The molecule has 18 heavy (non-hydrogen) atoms. The molecule has 6 heteroatoms. The number of rotatable bonds is 7. The van der Waals surface area contributed by atoms with Gasteiger partial charge in [0, 0.05) is 26.7 Å². The number of unbranched alkanes of at least 4 members (excludes halogenated alkanes) is 1. The third kappa shape index (κ3) is 4.05. The molecule has 5 nitrogen and oxygen atoms in total. The first kappa shape index (κ1) is 15.6. The van der Waals surface area contributed by atoms with E-state index < -0.39 is 10.2 Å². The topological polar surface area (TPSA) is 66.6 Å². The summed E-state index contributed by atoms with van der Waals surface area (Å²) in [5.74, 6) is 0.475. The van der Waals surface area contributed by atoms with Gasteiger partial charge in [0.2, 0.25) is 0 Å². The van der Waals surface area contributed by atoms with Crippen LogP contribution in [0, 0.1) is 5.92 Å². The summed E-state index contributed by atoms with van der Waals surface area (Å²) < 4.78 is 27.6.